The molecule has 1 N–H and O–H groups in total. The van der Waals surface area contributed by atoms with Crippen molar-refractivity contribution in [2.45, 2.75) is 104 Å². The van der Waals surface area contributed by atoms with Crippen molar-refractivity contribution < 1.29 is 17.9 Å². The van der Waals surface area contributed by atoms with Gasteiger partial charge in [-0.25, -0.2) is 13.2 Å². The van der Waals surface area contributed by atoms with Crippen molar-refractivity contribution in [3.8, 4) is 0 Å². The Balaban J connectivity index is 1.10. The first-order valence-corrected chi connectivity index (χ1v) is 20.6. The minimum Gasteiger partial charge on any atom is -0.465 e. The van der Waals surface area contributed by atoms with Crippen LogP contribution in [0.15, 0.2) is 30.3 Å². The zero-order valence-corrected chi connectivity index (χ0v) is 30.8. The second-order valence-corrected chi connectivity index (χ2v) is 20.2. The van der Waals surface area contributed by atoms with Crippen LogP contribution < -0.4 is 5.32 Å². The minimum atomic E-state index is -2.83. The van der Waals surface area contributed by atoms with Crippen LogP contribution in [0.2, 0.25) is 0 Å². The number of methoxy groups -OCH3 is 1. The molecule has 0 spiro atoms. The summed E-state index contributed by atoms with van der Waals surface area (Å²) in [6, 6.07) is 8.10. The minimum absolute atomic E-state index is 0.0640. The highest BCUT2D eigenvalue weighted by Gasteiger charge is 2.69. The summed E-state index contributed by atoms with van der Waals surface area (Å²) in [6.07, 6.45) is 15.7. The number of esters is 1. The second kappa shape index (κ2) is 11.7. The third-order valence-corrected chi connectivity index (χ3v) is 17.5. The average Bonchev–Trinajstić information content (AvgIpc) is 3.46. The molecule has 1 heterocycles. The van der Waals surface area contributed by atoms with Crippen LogP contribution in [-0.4, -0.2) is 69.6 Å². The van der Waals surface area contributed by atoms with Gasteiger partial charge in [-0.2, -0.15) is 0 Å². The summed E-state index contributed by atoms with van der Waals surface area (Å²) in [7, 11) is -1.39. The lowest BCUT2D eigenvalue weighted by atomic mass is 9.33. The number of fused-ring (bicyclic) bond motifs is 7. The van der Waals surface area contributed by atoms with Crippen LogP contribution in [0.25, 0.3) is 5.57 Å². The number of hydrogen-bond acceptors (Lipinski definition) is 6. The summed E-state index contributed by atoms with van der Waals surface area (Å²) in [5.74, 6) is 3.26. The van der Waals surface area contributed by atoms with Gasteiger partial charge in [0.1, 0.15) is 0 Å². The van der Waals surface area contributed by atoms with Gasteiger partial charge in [0.2, 0.25) is 0 Å². The lowest BCUT2D eigenvalue weighted by molar-refractivity contribution is -0.217. The van der Waals surface area contributed by atoms with Gasteiger partial charge in [0.25, 0.3) is 0 Å². The fraction of sp³-hybridized carbons (Fsp3) is 0.775. The van der Waals surface area contributed by atoms with E-state index >= 15 is 0 Å². The number of benzene rings is 1. The molecule has 0 bridgehead atoms. The highest BCUT2D eigenvalue weighted by Crippen LogP contribution is 2.76. The smallest absolute Gasteiger partial charge is 0.337 e. The van der Waals surface area contributed by atoms with E-state index in [1.807, 2.05) is 12.1 Å². The lowest BCUT2D eigenvalue weighted by Gasteiger charge is -2.72. The summed E-state index contributed by atoms with van der Waals surface area (Å²) in [5.41, 5.74) is 4.63. The predicted octanol–water partition coefficient (Wildman–Crippen LogP) is 7.39. The van der Waals surface area contributed by atoms with Gasteiger partial charge in [0, 0.05) is 31.7 Å². The molecule has 5 fully saturated rings. The van der Waals surface area contributed by atoms with Crippen molar-refractivity contribution in [1.82, 2.24) is 10.2 Å². The molecule has 6 nitrogen and oxygen atoms in total. The Morgan fingerprint density at radius 3 is 2.30 bits per heavy atom. The van der Waals surface area contributed by atoms with Crippen LogP contribution in [-0.2, 0) is 14.6 Å². The molecule has 7 rings (SSSR count). The number of carbonyl (C=O) groups is 1. The Kier molecular flexibility index (Phi) is 8.40. The maximum absolute atomic E-state index is 12.1. The molecule has 1 aromatic rings. The largest absolute Gasteiger partial charge is 0.465 e. The highest BCUT2D eigenvalue weighted by atomic mass is 32.2. The van der Waals surface area contributed by atoms with Crippen LogP contribution in [0, 0.1) is 45.3 Å². The molecule has 7 heteroatoms. The number of ether oxygens (including phenoxy) is 1. The SMILES string of the molecule is COC(=O)c1ccc(C2=CC[C@]3(C)C4CC[C@@H]5C6CCC[C@]6(NCCN6CCS(=O)(=O)CC6)CC[C@@]5(C)[C@]4(C)CC[C@H]3C2(C)C)cc1. The molecule has 2 unspecified atom stereocenters. The van der Waals surface area contributed by atoms with Gasteiger partial charge in [-0.1, -0.05) is 59.2 Å². The van der Waals surface area contributed by atoms with Gasteiger partial charge in [-0.05, 0) is 126 Å². The highest BCUT2D eigenvalue weighted by molar-refractivity contribution is 7.91. The van der Waals surface area contributed by atoms with Crippen molar-refractivity contribution >= 4 is 21.4 Å². The summed E-state index contributed by atoms with van der Waals surface area (Å²) >= 11 is 0. The molecule has 0 amide bonds. The van der Waals surface area contributed by atoms with E-state index in [0.717, 1.165) is 37.3 Å². The molecule has 260 valence electrons. The fourth-order valence-corrected chi connectivity index (χ4v) is 14.6. The molecular formula is C40H60N2O4S. The summed E-state index contributed by atoms with van der Waals surface area (Å²) < 4.78 is 28.8. The Hall–Kier alpha value is -1.70. The zero-order valence-electron chi connectivity index (χ0n) is 30.0. The van der Waals surface area contributed by atoms with Gasteiger partial charge in [-0.3, -0.25) is 0 Å². The molecule has 1 aromatic carbocycles. The van der Waals surface area contributed by atoms with Crippen LogP contribution in [0.1, 0.15) is 115 Å². The van der Waals surface area contributed by atoms with Crippen molar-refractivity contribution in [2.75, 3.05) is 44.8 Å². The van der Waals surface area contributed by atoms with Crippen molar-refractivity contribution in [2.24, 2.45) is 45.3 Å². The number of sulfone groups is 1. The first kappa shape index (κ1) is 33.8. The fourth-order valence-electron chi connectivity index (χ4n) is 13.3. The summed E-state index contributed by atoms with van der Waals surface area (Å²) in [6.45, 7) is 16.4. The first-order chi connectivity index (χ1) is 22.2. The quantitative estimate of drug-likeness (QED) is 0.320. The van der Waals surface area contributed by atoms with Crippen molar-refractivity contribution in [3.05, 3.63) is 41.5 Å². The zero-order chi connectivity index (χ0) is 33.5. The normalized spacial score (nSPS) is 42.3. The molecule has 5 aliphatic carbocycles. The number of hydrogen-bond donors (Lipinski definition) is 1. The molecule has 1 aliphatic heterocycles. The molecule has 47 heavy (non-hydrogen) atoms. The Labute approximate surface area is 284 Å². The number of rotatable bonds is 6. The third-order valence-electron chi connectivity index (χ3n) is 15.9. The van der Waals surface area contributed by atoms with E-state index < -0.39 is 9.84 Å². The predicted molar refractivity (Wildman–Crippen MR) is 190 cm³/mol. The Morgan fingerprint density at radius 2 is 1.60 bits per heavy atom. The van der Waals surface area contributed by atoms with Crippen molar-refractivity contribution in [3.63, 3.8) is 0 Å². The van der Waals surface area contributed by atoms with Crippen molar-refractivity contribution in [1.29, 1.82) is 0 Å². The number of carbonyl (C=O) groups excluding carboxylic acids is 1. The molecule has 0 aromatic heterocycles. The molecular weight excluding hydrogens is 605 g/mol. The molecule has 0 radical (unpaired) electrons. The monoisotopic (exact) mass is 664 g/mol. The van der Waals surface area contributed by atoms with E-state index in [1.165, 1.54) is 76.0 Å². The topological polar surface area (TPSA) is 75.7 Å². The van der Waals surface area contributed by atoms with Crippen LogP contribution in [0.4, 0.5) is 0 Å². The maximum atomic E-state index is 12.1. The number of nitrogens with one attached hydrogen (secondary N) is 1. The van der Waals surface area contributed by atoms with E-state index in [2.05, 4.69) is 63.0 Å². The molecule has 8 atom stereocenters. The summed E-state index contributed by atoms with van der Waals surface area (Å²) in [5, 5.41) is 4.17. The van der Waals surface area contributed by atoms with Gasteiger partial charge in [0.05, 0.1) is 24.2 Å². The Bertz CT molecular complexity index is 1500. The van der Waals surface area contributed by atoms with E-state index in [0.29, 0.717) is 46.9 Å². The van der Waals surface area contributed by atoms with E-state index in [-0.39, 0.29) is 22.3 Å². The Morgan fingerprint density at radius 1 is 0.872 bits per heavy atom. The van der Waals surface area contributed by atoms with Gasteiger partial charge in [-0.15, -0.1) is 0 Å². The molecule has 1 saturated heterocycles. The standard InChI is InChI=1S/C40H60N2O4S/c1-36(2)30(28-9-11-29(12-10-28)35(43)46-6)15-18-37(3)33(36)16-19-39(5)34(37)14-13-31-32-8-7-17-40(32,21-20-38(31,39)4)41-22-23-42-24-26-47(44,45)27-25-42/h9-12,15,31-34,41H,7-8,13-14,16-27H2,1-6H3/t31-,32?,33+,34?,37+,38-,39-,40+/m1/s1. The third kappa shape index (κ3) is 5.21. The van der Waals surface area contributed by atoms with Crippen LogP contribution in [0.3, 0.4) is 0 Å². The van der Waals surface area contributed by atoms with E-state index in [1.54, 1.807) is 0 Å². The number of nitrogens with zero attached hydrogens (tertiary/aromatic N) is 1. The van der Waals surface area contributed by atoms with Gasteiger partial charge < -0.3 is 15.0 Å². The second-order valence-electron chi connectivity index (χ2n) is 17.9. The van der Waals surface area contributed by atoms with E-state index in [4.69, 9.17) is 4.74 Å². The van der Waals surface area contributed by atoms with Gasteiger partial charge in [0.15, 0.2) is 9.84 Å². The summed E-state index contributed by atoms with van der Waals surface area (Å²) in [4.78, 5) is 14.4. The number of allylic oxidation sites excluding steroid dienone is 2. The van der Waals surface area contributed by atoms with E-state index in [9.17, 15) is 13.2 Å². The van der Waals surface area contributed by atoms with Crippen LogP contribution in [0.5, 0.6) is 0 Å². The molecule has 4 saturated carbocycles. The molecule has 6 aliphatic rings. The van der Waals surface area contributed by atoms with Gasteiger partial charge >= 0.3 is 5.97 Å². The average molecular weight is 665 g/mol. The lowest BCUT2D eigenvalue weighted by Crippen LogP contribution is -2.67. The van der Waals surface area contributed by atoms with Crippen LogP contribution >= 0.6 is 0 Å². The first-order valence-electron chi connectivity index (χ1n) is 18.8. The maximum Gasteiger partial charge on any atom is 0.337 e.